The Morgan fingerprint density at radius 1 is 1.70 bits per heavy atom. The maximum atomic E-state index is 4.29. The fourth-order valence-electron chi connectivity index (χ4n) is 1.47. The topological polar surface area (TPSA) is 34.4 Å². The van der Waals surface area contributed by atoms with Gasteiger partial charge in [-0.05, 0) is 0 Å². The summed E-state index contributed by atoms with van der Waals surface area (Å²) >= 11 is 0. The Hall–Kier alpha value is -0.830. The highest BCUT2D eigenvalue weighted by Gasteiger charge is 2.14. The molecule has 3 nitrogen and oxygen atoms in total. The third-order valence-corrected chi connectivity index (χ3v) is 2.07. The van der Waals surface area contributed by atoms with Gasteiger partial charge in [-0.3, -0.25) is 0 Å². The Morgan fingerprint density at radius 3 is 3.40 bits per heavy atom. The van der Waals surface area contributed by atoms with Crippen molar-refractivity contribution < 1.29 is 5.32 Å². The van der Waals surface area contributed by atoms with Gasteiger partial charge in [0.05, 0.1) is 18.6 Å². The number of nitrogens with zero attached hydrogens (tertiary/aromatic N) is 2. The zero-order valence-electron chi connectivity index (χ0n) is 6.17. The van der Waals surface area contributed by atoms with E-state index in [1.165, 1.54) is 24.4 Å². The predicted octanol–water partition coefficient (Wildman–Crippen LogP) is -0.960. The molecule has 0 atom stereocenters. The summed E-state index contributed by atoms with van der Waals surface area (Å²) in [6, 6.07) is 0. The van der Waals surface area contributed by atoms with Gasteiger partial charge in [0.15, 0.2) is 0 Å². The van der Waals surface area contributed by atoms with Crippen molar-refractivity contribution in [3.05, 3.63) is 17.7 Å². The average molecular weight is 138 g/mol. The zero-order valence-corrected chi connectivity index (χ0v) is 6.17. The quantitative estimate of drug-likeness (QED) is 0.492. The minimum Gasteiger partial charge on any atom is -0.341 e. The predicted molar refractivity (Wildman–Crippen MR) is 37.4 cm³/mol. The number of hydrogen-bond donors (Lipinski definition) is 1. The maximum Gasteiger partial charge on any atom is 0.120 e. The molecule has 0 saturated heterocycles. The first-order valence-electron chi connectivity index (χ1n) is 3.68. The van der Waals surface area contributed by atoms with Gasteiger partial charge in [-0.15, -0.1) is 0 Å². The van der Waals surface area contributed by atoms with Crippen LogP contribution in [0.2, 0.25) is 0 Å². The lowest BCUT2D eigenvalue weighted by molar-refractivity contribution is -0.674. The van der Waals surface area contributed by atoms with Crippen molar-refractivity contribution in [2.45, 2.75) is 13.0 Å². The highest BCUT2D eigenvalue weighted by molar-refractivity contribution is 5.12. The number of quaternary nitrogens is 1. The van der Waals surface area contributed by atoms with E-state index in [4.69, 9.17) is 0 Å². The molecule has 0 amide bonds. The molecule has 1 aliphatic heterocycles. The van der Waals surface area contributed by atoms with Gasteiger partial charge in [0.2, 0.25) is 0 Å². The van der Waals surface area contributed by atoms with E-state index < -0.39 is 0 Å². The molecule has 3 heteroatoms. The maximum absolute atomic E-state index is 4.29. The summed E-state index contributed by atoms with van der Waals surface area (Å²) in [5, 5.41) is 2.30. The van der Waals surface area contributed by atoms with Gasteiger partial charge in [0.1, 0.15) is 12.2 Å². The minimum atomic E-state index is 1.07. The van der Waals surface area contributed by atoms with E-state index in [1.807, 2.05) is 6.33 Å². The van der Waals surface area contributed by atoms with Crippen molar-refractivity contribution in [3.8, 4) is 0 Å². The van der Waals surface area contributed by atoms with Crippen molar-refractivity contribution in [1.29, 1.82) is 0 Å². The van der Waals surface area contributed by atoms with Crippen LogP contribution in [0.4, 0.5) is 0 Å². The van der Waals surface area contributed by atoms with Crippen LogP contribution in [0.1, 0.15) is 11.4 Å². The normalized spacial score (nSPS) is 16.9. The number of aromatic nitrogens is 2. The van der Waals surface area contributed by atoms with Gasteiger partial charge in [-0.1, -0.05) is 0 Å². The molecule has 1 aromatic rings. The van der Waals surface area contributed by atoms with Gasteiger partial charge in [0.25, 0.3) is 0 Å². The van der Waals surface area contributed by atoms with Crippen LogP contribution in [-0.2, 0) is 20.0 Å². The first-order valence-corrected chi connectivity index (χ1v) is 3.68. The number of imidazole rings is 1. The van der Waals surface area contributed by atoms with Gasteiger partial charge in [-0.2, -0.15) is 0 Å². The number of aryl methyl sites for hydroxylation is 1. The van der Waals surface area contributed by atoms with Crippen LogP contribution in [0, 0.1) is 0 Å². The Morgan fingerprint density at radius 2 is 2.60 bits per heavy atom. The lowest BCUT2D eigenvalue weighted by Gasteiger charge is -2.09. The standard InChI is InChI=1S/C7H11N3/c1-10-5-9-6-4-8-3-2-7(6)10/h5,8H,2-4H2,1H3/p+1. The molecule has 54 valence electrons. The van der Waals surface area contributed by atoms with Crippen molar-refractivity contribution >= 4 is 0 Å². The van der Waals surface area contributed by atoms with Crippen molar-refractivity contribution in [2.75, 3.05) is 6.54 Å². The van der Waals surface area contributed by atoms with Crippen LogP contribution in [0.5, 0.6) is 0 Å². The van der Waals surface area contributed by atoms with Gasteiger partial charge in [0, 0.05) is 13.5 Å². The van der Waals surface area contributed by atoms with E-state index in [0.717, 1.165) is 6.54 Å². The summed E-state index contributed by atoms with van der Waals surface area (Å²) in [5.74, 6) is 0. The van der Waals surface area contributed by atoms with Crippen LogP contribution in [0.25, 0.3) is 0 Å². The average Bonchev–Trinajstić information content (AvgIpc) is 2.34. The molecule has 0 unspecified atom stereocenters. The summed E-state index contributed by atoms with van der Waals surface area (Å²) in [7, 11) is 2.07. The second-order valence-electron chi connectivity index (χ2n) is 2.78. The smallest absolute Gasteiger partial charge is 0.120 e. The van der Waals surface area contributed by atoms with Crippen molar-refractivity contribution in [1.82, 2.24) is 9.55 Å². The Balaban J connectivity index is 2.45. The minimum absolute atomic E-state index is 1.07. The molecular formula is C7H12N3+. The summed E-state index contributed by atoms with van der Waals surface area (Å²) < 4.78 is 2.13. The first kappa shape index (κ1) is 5.92. The summed E-state index contributed by atoms with van der Waals surface area (Å²) in [4.78, 5) is 4.29. The molecular weight excluding hydrogens is 126 g/mol. The molecule has 2 N–H and O–H groups in total. The van der Waals surface area contributed by atoms with Gasteiger partial charge < -0.3 is 9.88 Å². The molecule has 0 aromatic carbocycles. The van der Waals surface area contributed by atoms with Crippen molar-refractivity contribution in [3.63, 3.8) is 0 Å². The second-order valence-corrected chi connectivity index (χ2v) is 2.78. The van der Waals surface area contributed by atoms with E-state index in [2.05, 4.69) is 21.9 Å². The number of fused-ring (bicyclic) bond motifs is 1. The fraction of sp³-hybridized carbons (Fsp3) is 0.571. The lowest BCUT2D eigenvalue weighted by atomic mass is 10.2. The Bertz CT molecular complexity index is 239. The van der Waals surface area contributed by atoms with E-state index in [0.29, 0.717) is 0 Å². The molecule has 0 spiro atoms. The number of nitrogens with two attached hydrogens (primary N) is 1. The van der Waals surface area contributed by atoms with Crippen LogP contribution in [-0.4, -0.2) is 16.1 Å². The molecule has 2 heterocycles. The summed E-state index contributed by atoms with van der Waals surface area (Å²) in [6.45, 7) is 2.28. The molecule has 1 aliphatic rings. The molecule has 0 fully saturated rings. The third kappa shape index (κ3) is 0.743. The van der Waals surface area contributed by atoms with E-state index >= 15 is 0 Å². The third-order valence-electron chi connectivity index (χ3n) is 2.07. The van der Waals surface area contributed by atoms with Crippen LogP contribution in [0.15, 0.2) is 6.33 Å². The van der Waals surface area contributed by atoms with Gasteiger partial charge >= 0.3 is 0 Å². The molecule has 10 heavy (non-hydrogen) atoms. The summed E-state index contributed by atoms with van der Waals surface area (Å²) in [5.41, 5.74) is 2.69. The Kier molecular flexibility index (Phi) is 1.24. The molecule has 0 radical (unpaired) electrons. The van der Waals surface area contributed by atoms with Crippen molar-refractivity contribution in [2.24, 2.45) is 7.05 Å². The van der Waals surface area contributed by atoms with Crippen LogP contribution < -0.4 is 5.32 Å². The monoisotopic (exact) mass is 138 g/mol. The SMILES string of the molecule is Cn1cnc2c1CC[NH2+]C2. The first-order chi connectivity index (χ1) is 4.88. The highest BCUT2D eigenvalue weighted by Crippen LogP contribution is 2.06. The lowest BCUT2D eigenvalue weighted by Crippen LogP contribution is -2.84. The molecule has 0 aliphatic carbocycles. The van der Waals surface area contributed by atoms with E-state index in [-0.39, 0.29) is 0 Å². The Labute approximate surface area is 60.1 Å². The molecule has 1 aromatic heterocycles. The van der Waals surface area contributed by atoms with Gasteiger partial charge in [-0.25, -0.2) is 4.98 Å². The van der Waals surface area contributed by atoms with Crippen LogP contribution >= 0.6 is 0 Å². The van der Waals surface area contributed by atoms with Crippen LogP contribution in [0.3, 0.4) is 0 Å². The van der Waals surface area contributed by atoms with E-state index in [1.54, 1.807) is 0 Å². The fourth-order valence-corrected chi connectivity index (χ4v) is 1.47. The number of hydrogen-bond acceptors (Lipinski definition) is 1. The van der Waals surface area contributed by atoms with E-state index in [9.17, 15) is 0 Å². The number of rotatable bonds is 0. The molecule has 2 rings (SSSR count). The second kappa shape index (κ2) is 2.09. The summed E-state index contributed by atoms with van der Waals surface area (Å²) in [6.07, 6.45) is 3.08. The zero-order chi connectivity index (χ0) is 6.97. The molecule has 0 bridgehead atoms. The highest BCUT2D eigenvalue weighted by atomic mass is 15.1. The molecule has 0 saturated carbocycles. The largest absolute Gasteiger partial charge is 0.341 e.